The summed E-state index contributed by atoms with van der Waals surface area (Å²) in [5.41, 5.74) is 1.46. The Morgan fingerprint density at radius 2 is 1.89 bits per heavy atom. The second-order valence-electron chi connectivity index (χ2n) is 8.55. The van der Waals surface area contributed by atoms with Crippen molar-refractivity contribution in [2.24, 2.45) is 0 Å². The molecule has 3 heterocycles. The predicted molar refractivity (Wildman–Crippen MR) is 127 cm³/mol. The Balaban J connectivity index is 1.44. The molecule has 35 heavy (non-hydrogen) atoms. The third kappa shape index (κ3) is 5.27. The van der Waals surface area contributed by atoms with Gasteiger partial charge in [-0.2, -0.15) is 0 Å². The molecule has 0 saturated carbocycles. The number of para-hydroxylation sites is 1. The highest BCUT2D eigenvalue weighted by Crippen LogP contribution is 2.32. The molecule has 7 nitrogen and oxygen atoms in total. The van der Waals surface area contributed by atoms with Gasteiger partial charge in [-0.05, 0) is 54.8 Å². The van der Waals surface area contributed by atoms with E-state index in [2.05, 4.69) is 5.32 Å². The zero-order chi connectivity index (χ0) is 24.2. The van der Waals surface area contributed by atoms with E-state index in [1.165, 1.54) is 12.1 Å². The fraction of sp³-hybridized carbons (Fsp3) is 0.259. The molecule has 0 radical (unpaired) electrons. The lowest BCUT2D eigenvalue weighted by Crippen LogP contribution is -2.37. The molecule has 180 valence electrons. The number of halogens is 1. The molecule has 0 aliphatic carbocycles. The number of furan rings is 2. The van der Waals surface area contributed by atoms with Crippen LogP contribution in [0, 0.1) is 5.82 Å². The van der Waals surface area contributed by atoms with Crippen LogP contribution < -0.4 is 5.32 Å². The number of benzene rings is 2. The molecule has 8 heteroatoms. The Morgan fingerprint density at radius 3 is 2.63 bits per heavy atom. The Labute approximate surface area is 201 Å². The number of ether oxygens (including phenoxy) is 1. The molecule has 0 spiro atoms. The van der Waals surface area contributed by atoms with Crippen molar-refractivity contribution >= 4 is 28.5 Å². The van der Waals surface area contributed by atoms with E-state index in [1.54, 1.807) is 53.6 Å². The molecule has 1 fully saturated rings. The minimum atomic E-state index is -0.370. The third-order valence-corrected chi connectivity index (χ3v) is 5.99. The van der Waals surface area contributed by atoms with Gasteiger partial charge in [0.2, 0.25) is 11.7 Å². The van der Waals surface area contributed by atoms with Crippen molar-refractivity contribution < 1.29 is 27.6 Å². The maximum Gasteiger partial charge on any atom is 0.292 e. The van der Waals surface area contributed by atoms with Crippen molar-refractivity contribution in [3.8, 4) is 0 Å². The van der Waals surface area contributed by atoms with Gasteiger partial charge in [-0.25, -0.2) is 4.39 Å². The van der Waals surface area contributed by atoms with Gasteiger partial charge in [-0.1, -0.05) is 24.3 Å². The highest BCUT2D eigenvalue weighted by Gasteiger charge is 2.30. The molecule has 4 aromatic rings. The fourth-order valence-corrected chi connectivity index (χ4v) is 4.28. The van der Waals surface area contributed by atoms with Crippen LogP contribution in [-0.4, -0.2) is 36.0 Å². The smallest absolute Gasteiger partial charge is 0.292 e. The average molecular weight is 477 g/mol. The highest BCUT2D eigenvalue weighted by molar-refractivity contribution is 6.11. The maximum absolute atomic E-state index is 13.8. The molecule has 1 unspecified atom stereocenters. The van der Waals surface area contributed by atoms with Gasteiger partial charge < -0.3 is 23.8 Å². The fourth-order valence-electron chi connectivity index (χ4n) is 4.28. The molecule has 5 rings (SSSR count). The average Bonchev–Trinajstić information content (AvgIpc) is 3.62. The van der Waals surface area contributed by atoms with Crippen LogP contribution in [0.1, 0.15) is 34.7 Å². The number of rotatable bonds is 8. The number of hydrogen-bond donors (Lipinski definition) is 1. The monoisotopic (exact) mass is 476 g/mol. The molecule has 0 bridgehead atoms. The molecule has 2 aromatic carbocycles. The van der Waals surface area contributed by atoms with Crippen LogP contribution in [0.3, 0.4) is 0 Å². The molecule has 2 amide bonds. The number of anilines is 1. The van der Waals surface area contributed by atoms with Gasteiger partial charge in [0, 0.05) is 18.5 Å². The van der Waals surface area contributed by atoms with Crippen LogP contribution in [0.5, 0.6) is 0 Å². The number of nitrogens with one attached hydrogen (secondary N) is 1. The predicted octanol–water partition coefficient (Wildman–Crippen LogP) is 5.17. The van der Waals surface area contributed by atoms with Crippen molar-refractivity contribution in [3.63, 3.8) is 0 Å². The van der Waals surface area contributed by atoms with Crippen molar-refractivity contribution in [1.29, 1.82) is 0 Å². The number of carbonyl (C=O) groups excluding carboxylic acids is 2. The lowest BCUT2D eigenvalue weighted by Gasteiger charge is -2.24. The molecule has 1 aliphatic rings. The Morgan fingerprint density at radius 1 is 1.06 bits per heavy atom. The summed E-state index contributed by atoms with van der Waals surface area (Å²) >= 11 is 0. The first kappa shape index (κ1) is 22.9. The Bertz CT molecular complexity index is 1310. The van der Waals surface area contributed by atoms with Gasteiger partial charge in [0.15, 0.2) is 0 Å². The van der Waals surface area contributed by atoms with Crippen molar-refractivity contribution in [1.82, 2.24) is 4.90 Å². The third-order valence-electron chi connectivity index (χ3n) is 5.99. The van der Waals surface area contributed by atoms with Crippen LogP contribution in [0.15, 0.2) is 75.8 Å². The summed E-state index contributed by atoms with van der Waals surface area (Å²) in [6.45, 7) is 1.29. The van der Waals surface area contributed by atoms with Crippen LogP contribution in [-0.2, 0) is 22.5 Å². The van der Waals surface area contributed by atoms with E-state index >= 15 is 0 Å². The highest BCUT2D eigenvalue weighted by atomic mass is 19.1. The van der Waals surface area contributed by atoms with Crippen molar-refractivity contribution in [3.05, 3.63) is 89.8 Å². The summed E-state index contributed by atoms with van der Waals surface area (Å²) in [6, 6.07) is 16.5. The Hall–Kier alpha value is -3.91. The molecule has 1 aliphatic heterocycles. The molecular formula is C27H25FN2O5. The quantitative estimate of drug-likeness (QED) is 0.379. The Kier molecular flexibility index (Phi) is 6.63. The number of hydrogen-bond acceptors (Lipinski definition) is 5. The first-order chi connectivity index (χ1) is 17.1. The lowest BCUT2D eigenvalue weighted by atomic mass is 10.1. The van der Waals surface area contributed by atoms with Crippen LogP contribution in [0.2, 0.25) is 0 Å². The number of fused-ring (bicyclic) bond motifs is 1. The molecule has 1 N–H and O–H groups in total. The van der Waals surface area contributed by atoms with E-state index in [-0.39, 0.29) is 42.5 Å². The number of carbonyl (C=O) groups is 2. The van der Waals surface area contributed by atoms with Crippen LogP contribution in [0.25, 0.3) is 11.0 Å². The number of nitrogens with zero attached hydrogens (tertiary/aromatic N) is 1. The minimum Gasteiger partial charge on any atom is -0.467 e. The second-order valence-corrected chi connectivity index (χ2v) is 8.55. The lowest BCUT2D eigenvalue weighted by molar-refractivity contribution is -0.115. The SMILES string of the molecule is O=C(Cc1ccc(F)cc1)Nc1c(C(=O)N(Cc2ccco2)CC2CCCO2)oc2ccccc12. The van der Waals surface area contributed by atoms with Gasteiger partial charge in [0.25, 0.3) is 5.91 Å². The minimum absolute atomic E-state index is 0.0272. The van der Waals surface area contributed by atoms with E-state index in [1.807, 2.05) is 6.07 Å². The molecule has 1 atom stereocenters. The normalized spacial score (nSPS) is 15.4. The molecule has 1 saturated heterocycles. The van der Waals surface area contributed by atoms with Crippen molar-refractivity contribution in [2.45, 2.75) is 31.9 Å². The molecule has 2 aromatic heterocycles. The zero-order valence-corrected chi connectivity index (χ0v) is 19.0. The summed E-state index contributed by atoms with van der Waals surface area (Å²) in [7, 11) is 0. The van der Waals surface area contributed by atoms with E-state index in [9.17, 15) is 14.0 Å². The summed E-state index contributed by atoms with van der Waals surface area (Å²) in [6.07, 6.45) is 3.33. The van der Waals surface area contributed by atoms with E-state index in [4.69, 9.17) is 13.6 Å². The first-order valence-electron chi connectivity index (χ1n) is 11.6. The second kappa shape index (κ2) is 10.1. The standard InChI is InChI=1S/C27H25FN2O5/c28-19-11-9-18(10-12-19)15-24(31)29-25-22-7-1-2-8-23(22)35-26(25)27(32)30(16-20-5-3-13-33-20)17-21-6-4-14-34-21/h1-3,5,7-13,21H,4,6,14-17H2,(H,29,31). The van der Waals surface area contributed by atoms with Crippen LogP contribution in [0.4, 0.5) is 10.1 Å². The summed E-state index contributed by atoms with van der Waals surface area (Å²) in [4.78, 5) is 28.3. The zero-order valence-electron chi connectivity index (χ0n) is 19.0. The van der Waals surface area contributed by atoms with E-state index in [0.717, 1.165) is 12.8 Å². The first-order valence-corrected chi connectivity index (χ1v) is 11.6. The molecular weight excluding hydrogens is 451 g/mol. The van der Waals surface area contributed by atoms with E-state index < -0.39 is 0 Å². The van der Waals surface area contributed by atoms with E-state index in [0.29, 0.717) is 41.1 Å². The van der Waals surface area contributed by atoms with Crippen LogP contribution >= 0.6 is 0 Å². The largest absolute Gasteiger partial charge is 0.467 e. The van der Waals surface area contributed by atoms with Gasteiger partial charge in [-0.3, -0.25) is 9.59 Å². The van der Waals surface area contributed by atoms with Gasteiger partial charge in [-0.15, -0.1) is 0 Å². The topological polar surface area (TPSA) is 84.9 Å². The summed E-state index contributed by atoms with van der Waals surface area (Å²) in [5.74, 6) is -0.401. The number of amides is 2. The maximum atomic E-state index is 13.8. The van der Waals surface area contributed by atoms with Gasteiger partial charge >= 0.3 is 0 Å². The van der Waals surface area contributed by atoms with Crippen molar-refractivity contribution in [2.75, 3.05) is 18.5 Å². The summed E-state index contributed by atoms with van der Waals surface area (Å²) in [5, 5.41) is 3.48. The van der Waals surface area contributed by atoms with Gasteiger partial charge in [0.1, 0.15) is 22.8 Å². The summed E-state index contributed by atoms with van der Waals surface area (Å²) < 4.78 is 30.4. The van der Waals surface area contributed by atoms with Gasteiger partial charge in [0.05, 0.1) is 25.3 Å².